The van der Waals surface area contributed by atoms with Crippen molar-refractivity contribution < 1.29 is 27.1 Å². The lowest BCUT2D eigenvalue weighted by atomic mass is 10.2. The highest BCUT2D eigenvalue weighted by Crippen LogP contribution is 2.35. The van der Waals surface area contributed by atoms with Crippen LogP contribution in [-0.4, -0.2) is 70.1 Å². The molecule has 0 radical (unpaired) electrons. The molecule has 1 unspecified atom stereocenters. The number of amides is 2. The van der Waals surface area contributed by atoms with Crippen molar-refractivity contribution in [3.63, 3.8) is 0 Å². The van der Waals surface area contributed by atoms with E-state index >= 15 is 4.39 Å². The number of benzene rings is 2. The Morgan fingerprint density at radius 1 is 1.14 bits per heavy atom. The number of hydrogen-bond donors (Lipinski definition) is 1. The Kier molecular flexibility index (Phi) is 8.65. The zero-order valence-electron chi connectivity index (χ0n) is 19.6. The van der Waals surface area contributed by atoms with Gasteiger partial charge in [0.1, 0.15) is 11.9 Å². The molecule has 0 aliphatic carbocycles. The molecule has 9 nitrogen and oxygen atoms in total. The summed E-state index contributed by atoms with van der Waals surface area (Å²) in [6.45, 7) is 2.98. The predicted octanol–water partition coefficient (Wildman–Crippen LogP) is 3.24. The van der Waals surface area contributed by atoms with E-state index in [0.29, 0.717) is 30.2 Å². The number of anilines is 2. The Hall–Kier alpha value is -2.48. The monoisotopic (exact) mass is 554 g/mol. The molecule has 1 atom stereocenters. The number of cyclic esters (lactones) is 1. The fourth-order valence-electron chi connectivity index (χ4n) is 3.94. The summed E-state index contributed by atoms with van der Waals surface area (Å²) >= 11 is 0. The first-order chi connectivity index (χ1) is 17.2. The average Bonchev–Trinajstić information content (AvgIpc) is 3.24. The maximum Gasteiger partial charge on any atom is 0.414 e. The van der Waals surface area contributed by atoms with E-state index in [4.69, 9.17) is 4.74 Å². The van der Waals surface area contributed by atoms with Gasteiger partial charge in [0.25, 0.3) is 9.06 Å². The van der Waals surface area contributed by atoms with Crippen LogP contribution in [0, 0.1) is 5.82 Å². The van der Waals surface area contributed by atoms with Crippen molar-refractivity contribution in [2.45, 2.75) is 18.8 Å². The minimum Gasteiger partial charge on any atom is -0.442 e. The van der Waals surface area contributed by atoms with Crippen molar-refractivity contribution >= 4 is 53.1 Å². The molecule has 4 rings (SSSR count). The van der Waals surface area contributed by atoms with Gasteiger partial charge in [0.05, 0.1) is 34.3 Å². The highest BCUT2D eigenvalue weighted by atomic mass is 33.5. The molecule has 0 saturated carbocycles. The van der Waals surface area contributed by atoms with Gasteiger partial charge in [0.2, 0.25) is 5.91 Å². The fourth-order valence-corrected chi connectivity index (χ4v) is 9.06. The van der Waals surface area contributed by atoms with Crippen molar-refractivity contribution in [2.75, 3.05) is 49.1 Å². The number of nitrogens with zero attached hydrogens (tertiary/aromatic N) is 3. The number of halogens is 1. The normalized spacial score (nSPS) is 18.8. The van der Waals surface area contributed by atoms with Gasteiger partial charge < -0.3 is 15.0 Å². The van der Waals surface area contributed by atoms with Gasteiger partial charge in [-0.25, -0.2) is 9.18 Å². The van der Waals surface area contributed by atoms with Crippen LogP contribution in [0.2, 0.25) is 0 Å². The molecular weight excluding hydrogens is 527 g/mol. The third-order valence-corrected chi connectivity index (χ3v) is 11.7. The van der Waals surface area contributed by atoms with E-state index in [2.05, 4.69) is 5.32 Å². The summed E-state index contributed by atoms with van der Waals surface area (Å²) in [5.41, 5.74) is 1.77. The molecule has 2 aromatic rings. The second kappa shape index (κ2) is 11.7. The highest BCUT2D eigenvalue weighted by molar-refractivity contribution is 9.06. The molecule has 36 heavy (non-hydrogen) atoms. The minimum atomic E-state index is -3.50. The van der Waals surface area contributed by atoms with Crippen LogP contribution in [0.1, 0.15) is 12.5 Å². The Balaban J connectivity index is 1.30. The number of nitrogens with one attached hydrogen (secondary N) is 1. The largest absolute Gasteiger partial charge is 0.442 e. The van der Waals surface area contributed by atoms with Gasteiger partial charge in [0.15, 0.2) is 0 Å². The van der Waals surface area contributed by atoms with Crippen LogP contribution >= 0.6 is 20.6 Å². The predicted molar refractivity (Wildman–Crippen MR) is 141 cm³/mol. The molecule has 0 aromatic heterocycles. The minimum absolute atomic E-state index is 0.189. The van der Waals surface area contributed by atoms with Gasteiger partial charge in [-0.3, -0.25) is 9.69 Å². The van der Waals surface area contributed by atoms with E-state index in [1.54, 1.807) is 17.0 Å². The van der Waals surface area contributed by atoms with Crippen LogP contribution in [0.4, 0.5) is 20.6 Å². The third kappa shape index (κ3) is 6.64. The molecule has 0 bridgehead atoms. The first kappa shape index (κ1) is 26.6. The summed E-state index contributed by atoms with van der Waals surface area (Å²) < 4.78 is 47.1. The first-order valence-electron chi connectivity index (χ1n) is 11.3. The van der Waals surface area contributed by atoms with E-state index in [1.165, 1.54) is 33.0 Å². The summed E-state index contributed by atoms with van der Waals surface area (Å²) in [5.74, 6) is -0.145. The van der Waals surface area contributed by atoms with Crippen LogP contribution in [0.15, 0.2) is 48.5 Å². The molecule has 2 amide bonds. The molecule has 13 heteroatoms. The lowest BCUT2D eigenvalue weighted by Crippen LogP contribution is -2.48. The van der Waals surface area contributed by atoms with E-state index in [0.717, 1.165) is 15.4 Å². The average molecular weight is 555 g/mol. The van der Waals surface area contributed by atoms with Crippen molar-refractivity contribution in [1.82, 2.24) is 9.62 Å². The molecule has 2 heterocycles. The maximum atomic E-state index is 15.0. The summed E-state index contributed by atoms with van der Waals surface area (Å²) in [5, 5.41) is 2.60. The number of ether oxygens (including phenoxy) is 1. The van der Waals surface area contributed by atoms with Crippen molar-refractivity contribution in [1.29, 1.82) is 0 Å². The van der Waals surface area contributed by atoms with Crippen molar-refractivity contribution in [3.8, 4) is 0 Å². The molecular formula is C23H27FN4O5S3. The number of rotatable bonds is 9. The molecule has 2 fully saturated rings. The summed E-state index contributed by atoms with van der Waals surface area (Å²) in [7, 11) is -1.37. The quantitative estimate of drug-likeness (QED) is 0.472. The molecule has 1 N–H and O–H groups in total. The topological polar surface area (TPSA) is 99.3 Å². The van der Waals surface area contributed by atoms with Crippen LogP contribution in [0.3, 0.4) is 0 Å². The molecule has 2 aliphatic rings. The van der Waals surface area contributed by atoms with E-state index < -0.39 is 27.1 Å². The van der Waals surface area contributed by atoms with E-state index in [1.807, 2.05) is 30.3 Å². The second-order valence-corrected chi connectivity index (χ2v) is 14.0. The van der Waals surface area contributed by atoms with Crippen LogP contribution in [0.5, 0.6) is 0 Å². The van der Waals surface area contributed by atoms with Gasteiger partial charge in [-0.05, 0) is 23.8 Å². The Bertz CT molecular complexity index is 1190. The summed E-state index contributed by atoms with van der Waals surface area (Å²) in [4.78, 5) is 26.4. The lowest BCUT2D eigenvalue weighted by molar-refractivity contribution is -0.119. The SMILES string of the molecule is CC(=O)NCC1CN(c2ccc(N3CCN(S(=O)(=O)SSCc4ccccc4)CC3)c(F)c2)C(=O)O1. The van der Waals surface area contributed by atoms with Gasteiger partial charge in [-0.1, -0.05) is 41.1 Å². The second-order valence-electron chi connectivity index (χ2n) is 8.35. The van der Waals surface area contributed by atoms with Gasteiger partial charge in [-0.15, -0.1) is 0 Å². The Labute approximate surface area is 217 Å². The molecule has 0 spiro atoms. The fraction of sp³-hybridized carbons (Fsp3) is 0.391. The van der Waals surface area contributed by atoms with Crippen LogP contribution < -0.4 is 15.1 Å². The number of carbonyl (C=O) groups is 2. The molecule has 194 valence electrons. The summed E-state index contributed by atoms with van der Waals surface area (Å²) in [6.07, 6.45) is -1.11. The smallest absolute Gasteiger partial charge is 0.414 e. The van der Waals surface area contributed by atoms with Crippen LogP contribution in [-0.2, 0) is 24.3 Å². The zero-order chi connectivity index (χ0) is 25.7. The molecule has 2 saturated heterocycles. The van der Waals surface area contributed by atoms with Crippen molar-refractivity contribution in [2.24, 2.45) is 0 Å². The van der Waals surface area contributed by atoms with E-state index in [-0.39, 0.29) is 32.1 Å². The Morgan fingerprint density at radius 3 is 2.53 bits per heavy atom. The Morgan fingerprint density at radius 2 is 1.86 bits per heavy atom. The number of piperazine rings is 1. The van der Waals surface area contributed by atoms with Crippen LogP contribution in [0.25, 0.3) is 0 Å². The standard InChI is InChI=1S/C23H27FN4O5S3/c1-17(29)25-14-20-15-28(23(30)33-20)19-7-8-22(21(24)13-19)26-9-11-27(12-10-26)36(31,32)35-34-16-18-5-3-2-4-6-18/h2-8,13,20H,9-12,14-16H2,1H3,(H,25,29). The van der Waals surface area contributed by atoms with E-state index in [9.17, 15) is 18.0 Å². The lowest BCUT2D eigenvalue weighted by Gasteiger charge is -2.35. The summed E-state index contributed by atoms with van der Waals surface area (Å²) in [6, 6.07) is 14.2. The van der Waals surface area contributed by atoms with Gasteiger partial charge >= 0.3 is 6.09 Å². The number of hydrogen-bond acceptors (Lipinski definition) is 8. The number of carbonyl (C=O) groups excluding carboxylic acids is 2. The maximum absolute atomic E-state index is 15.0. The van der Waals surface area contributed by atoms with Gasteiger partial charge in [-0.2, -0.15) is 12.7 Å². The third-order valence-electron chi connectivity index (χ3n) is 5.79. The van der Waals surface area contributed by atoms with Crippen molar-refractivity contribution in [3.05, 3.63) is 59.9 Å². The first-order valence-corrected chi connectivity index (χ1v) is 15.6. The highest BCUT2D eigenvalue weighted by Gasteiger charge is 2.33. The van der Waals surface area contributed by atoms with Gasteiger partial charge in [0, 0.05) is 38.9 Å². The molecule has 2 aliphatic heterocycles. The zero-order valence-corrected chi connectivity index (χ0v) is 22.1. The molecule has 2 aromatic carbocycles.